The Hall–Kier alpha value is -3.41. The van der Waals surface area contributed by atoms with Gasteiger partial charge in [-0.05, 0) is 24.3 Å². The lowest BCUT2D eigenvalue weighted by Crippen LogP contribution is -2.27. The summed E-state index contributed by atoms with van der Waals surface area (Å²) in [4.78, 5) is 29.1. The first-order valence-electron chi connectivity index (χ1n) is 7.84. The molecule has 6 heteroatoms. The highest BCUT2D eigenvalue weighted by atomic mass is 16.5. The summed E-state index contributed by atoms with van der Waals surface area (Å²) < 4.78 is 8.40. The number of hydrogen-bond donors (Lipinski definition) is 0. The number of pyridine rings is 1. The van der Waals surface area contributed by atoms with E-state index in [2.05, 4.69) is 4.98 Å². The van der Waals surface area contributed by atoms with Gasteiger partial charge in [-0.15, -0.1) is 0 Å². The van der Waals surface area contributed by atoms with Crippen molar-refractivity contribution in [3.63, 3.8) is 0 Å². The minimum Gasteiger partial charge on any atom is -0.423 e. The molecule has 4 aromatic rings. The van der Waals surface area contributed by atoms with E-state index < -0.39 is 5.97 Å². The predicted octanol–water partition coefficient (Wildman–Crippen LogP) is 2.49. The zero-order valence-corrected chi connectivity index (χ0v) is 13.5. The summed E-state index contributed by atoms with van der Waals surface area (Å²) in [5.41, 5.74) is 1.83. The quantitative estimate of drug-likeness (QED) is 0.427. The van der Waals surface area contributed by atoms with E-state index >= 15 is 0 Å². The average molecular weight is 333 g/mol. The van der Waals surface area contributed by atoms with Crippen molar-refractivity contribution in [3.8, 4) is 5.75 Å². The smallest absolute Gasteiger partial charge is 0.331 e. The molecule has 0 spiro atoms. The third-order valence-corrected chi connectivity index (χ3v) is 4.16. The van der Waals surface area contributed by atoms with E-state index in [1.807, 2.05) is 42.5 Å². The average Bonchev–Trinajstić information content (AvgIpc) is 2.87. The molecule has 0 atom stereocenters. The summed E-state index contributed by atoms with van der Waals surface area (Å²) in [7, 11) is 1.68. The summed E-state index contributed by atoms with van der Waals surface area (Å²) in [6.07, 6.45) is 1.65. The fourth-order valence-electron chi connectivity index (χ4n) is 2.96. The van der Waals surface area contributed by atoms with Crippen LogP contribution < -0.4 is 10.4 Å². The maximum absolute atomic E-state index is 12.4. The number of esters is 1. The molecule has 0 aliphatic carbocycles. The van der Waals surface area contributed by atoms with Gasteiger partial charge in [0.15, 0.2) is 5.75 Å². The van der Waals surface area contributed by atoms with Crippen LogP contribution in [0.15, 0.2) is 65.6 Å². The minimum atomic E-state index is -0.517. The van der Waals surface area contributed by atoms with Crippen molar-refractivity contribution >= 4 is 27.9 Å². The van der Waals surface area contributed by atoms with Gasteiger partial charge in [-0.2, -0.15) is 0 Å². The van der Waals surface area contributed by atoms with Crippen LogP contribution in [0.5, 0.6) is 5.75 Å². The summed E-state index contributed by atoms with van der Waals surface area (Å²) in [5, 5.41) is 0.884. The van der Waals surface area contributed by atoms with Gasteiger partial charge in [-0.25, -0.2) is 9.59 Å². The molecule has 0 radical (unpaired) electrons. The van der Waals surface area contributed by atoms with Gasteiger partial charge in [0.1, 0.15) is 12.1 Å². The second-order valence-electron chi connectivity index (χ2n) is 5.72. The van der Waals surface area contributed by atoms with Crippen LogP contribution in [0.1, 0.15) is 0 Å². The highest BCUT2D eigenvalue weighted by Crippen LogP contribution is 2.23. The lowest BCUT2D eigenvalue weighted by atomic mass is 10.2. The van der Waals surface area contributed by atoms with E-state index in [0.717, 1.165) is 10.9 Å². The van der Waals surface area contributed by atoms with Crippen LogP contribution in [0.25, 0.3) is 21.9 Å². The Morgan fingerprint density at radius 2 is 1.80 bits per heavy atom. The van der Waals surface area contributed by atoms with E-state index in [4.69, 9.17) is 4.74 Å². The van der Waals surface area contributed by atoms with Gasteiger partial charge in [-0.3, -0.25) is 14.1 Å². The number of hydrogen-bond acceptors (Lipinski definition) is 4. The molecule has 0 N–H and O–H groups in total. The maximum atomic E-state index is 12.4. The molecule has 0 saturated heterocycles. The molecule has 2 heterocycles. The fraction of sp³-hybridized carbons (Fsp3) is 0.105. The van der Waals surface area contributed by atoms with Gasteiger partial charge >= 0.3 is 11.7 Å². The number of carbonyl (C=O) groups excluding carboxylic acids is 1. The number of rotatable bonds is 3. The van der Waals surface area contributed by atoms with Crippen molar-refractivity contribution in [2.75, 3.05) is 0 Å². The van der Waals surface area contributed by atoms with Crippen LogP contribution in [0.2, 0.25) is 0 Å². The number of fused-ring (bicyclic) bond motifs is 2. The largest absolute Gasteiger partial charge is 0.423 e. The lowest BCUT2D eigenvalue weighted by Gasteiger charge is -2.07. The number of nitrogens with zero attached hydrogens (tertiary/aromatic N) is 3. The summed E-state index contributed by atoms with van der Waals surface area (Å²) >= 11 is 0. The topological polar surface area (TPSA) is 66.1 Å². The van der Waals surface area contributed by atoms with Crippen LogP contribution >= 0.6 is 0 Å². The predicted molar refractivity (Wildman–Crippen MR) is 94.6 cm³/mol. The fourth-order valence-corrected chi connectivity index (χ4v) is 2.96. The molecule has 0 amide bonds. The normalized spacial score (nSPS) is 11.1. The van der Waals surface area contributed by atoms with Crippen LogP contribution in [-0.4, -0.2) is 20.1 Å². The third kappa shape index (κ3) is 2.57. The Labute approximate surface area is 142 Å². The summed E-state index contributed by atoms with van der Waals surface area (Å²) in [6, 6.07) is 16.4. The maximum Gasteiger partial charge on any atom is 0.331 e. The Balaban J connectivity index is 1.67. The van der Waals surface area contributed by atoms with Crippen molar-refractivity contribution in [1.82, 2.24) is 14.1 Å². The van der Waals surface area contributed by atoms with E-state index in [1.165, 1.54) is 9.13 Å². The van der Waals surface area contributed by atoms with Crippen LogP contribution in [0.4, 0.5) is 0 Å². The molecule has 124 valence electrons. The Kier molecular flexibility index (Phi) is 3.57. The molecule has 2 aromatic heterocycles. The molecular formula is C19H15N3O3. The van der Waals surface area contributed by atoms with Gasteiger partial charge in [0.25, 0.3) is 0 Å². The van der Waals surface area contributed by atoms with Crippen molar-refractivity contribution in [3.05, 3.63) is 71.3 Å². The molecule has 0 aliphatic heterocycles. The molecule has 2 aromatic carbocycles. The van der Waals surface area contributed by atoms with E-state index in [-0.39, 0.29) is 12.2 Å². The molecule has 0 unspecified atom stereocenters. The van der Waals surface area contributed by atoms with E-state index in [0.29, 0.717) is 16.8 Å². The van der Waals surface area contributed by atoms with Crippen molar-refractivity contribution < 1.29 is 9.53 Å². The molecular weight excluding hydrogens is 318 g/mol. The number of aryl methyl sites for hydroxylation is 1. The highest BCUT2D eigenvalue weighted by molar-refractivity contribution is 5.87. The second kappa shape index (κ2) is 5.90. The zero-order valence-electron chi connectivity index (χ0n) is 13.5. The number of imidazole rings is 1. The van der Waals surface area contributed by atoms with Gasteiger partial charge < -0.3 is 4.74 Å². The first kappa shape index (κ1) is 15.1. The first-order chi connectivity index (χ1) is 12.1. The number of aromatic nitrogens is 3. The molecule has 6 nitrogen and oxygen atoms in total. The second-order valence-corrected chi connectivity index (χ2v) is 5.72. The Morgan fingerprint density at radius 3 is 2.64 bits per heavy atom. The molecule has 0 fully saturated rings. The zero-order chi connectivity index (χ0) is 17.4. The molecule has 25 heavy (non-hydrogen) atoms. The van der Waals surface area contributed by atoms with Gasteiger partial charge in [-0.1, -0.05) is 30.3 Å². The molecule has 0 saturated carbocycles. The Morgan fingerprint density at radius 1 is 1.04 bits per heavy atom. The monoisotopic (exact) mass is 333 g/mol. The van der Waals surface area contributed by atoms with Gasteiger partial charge in [0.05, 0.1) is 11.0 Å². The number of para-hydroxylation sites is 3. The molecule has 0 aliphatic rings. The molecule has 0 bridgehead atoms. The number of ether oxygens (including phenoxy) is 1. The highest BCUT2D eigenvalue weighted by Gasteiger charge is 2.15. The van der Waals surface area contributed by atoms with E-state index in [9.17, 15) is 9.59 Å². The van der Waals surface area contributed by atoms with Crippen molar-refractivity contribution in [1.29, 1.82) is 0 Å². The SMILES string of the molecule is Cn1c(=O)n(CC(=O)Oc2cccc3cccnc23)c2ccccc21. The molecule has 4 rings (SSSR count). The van der Waals surface area contributed by atoms with Crippen LogP contribution in [-0.2, 0) is 18.4 Å². The Bertz CT molecular complexity index is 1150. The summed E-state index contributed by atoms with van der Waals surface area (Å²) in [6.45, 7) is -0.163. The van der Waals surface area contributed by atoms with Crippen LogP contribution in [0, 0.1) is 0 Å². The van der Waals surface area contributed by atoms with Crippen molar-refractivity contribution in [2.45, 2.75) is 6.54 Å². The van der Waals surface area contributed by atoms with Gasteiger partial charge in [0, 0.05) is 18.6 Å². The first-order valence-corrected chi connectivity index (χ1v) is 7.84. The van der Waals surface area contributed by atoms with Gasteiger partial charge in [0.2, 0.25) is 0 Å². The summed E-state index contributed by atoms with van der Waals surface area (Å²) in [5.74, 6) is -0.131. The van der Waals surface area contributed by atoms with E-state index in [1.54, 1.807) is 25.4 Å². The standard InChI is InChI=1S/C19H15N3O3/c1-21-14-8-2-3-9-15(14)22(19(21)24)12-17(23)25-16-10-4-6-13-7-5-11-20-18(13)16/h2-11H,12H2,1H3. The lowest BCUT2D eigenvalue weighted by molar-refractivity contribution is -0.134. The third-order valence-electron chi connectivity index (χ3n) is 4.16. The minimum absolute atomic E-state index is 0.163. The van der Waals surface area contributed by atoms with Crippen LogP contribution in [0.3, 0.4) is 0 Å². The number of benzene rings is 2. The van der Waals surface area contributed by atoms with Crippen molar-refractivity contribution in [2.24, 2.45) is 7.05 Å². The number of carbonyl (C=O) groups is 1.